The molecular weight excluding hydrogens is 719 g/mol. The molecule has 1 aromatic rings. The Morgan fingerprint density at radius 1 is 1.04 bits per heavy atom. The maximum absolute atomic E-state index is 13.7. The molecule has 1 heterocycles. The molecule has 5 atom stereocenters. The van der Waals surface area contributed by atoms with Gasteiger partial charge in [0, 0.05) is 19.0 Å². The van der Waals surface area contributed by atoms with E-state index in [0.717, 1.165) is 62.7 Å². The van der Waals surface area contributed by atoms with Gasteiger partial charge in [0.2, 0.25) is 5.91 Å². The van der Waals surface area contributed by atoms with Crippen LogP contribution in [0, 0.1) is 16.7 Å². The maximum atomic E-state index is 13.7. The Balaban J connectivity index is 1.09. The predicted octanol–water partition coefficient (Wildman–Crippen LogP) is 4.68. The zero-order valence-electron chi connectivity index (χ0n) is 31.5. The Kier molecular flexibility index (Phi) is 12.5. The van der Waals surface area contributed by atoms with Crippen LogP contribution < -0.4 is 20.7 Å². The SMILES string of the molecule is C=C[C@@H]1C[C@]1(NC(=O)[C@@H]1C[C@@]2(CN1C(=O)O)CC2(C)C)C(=O)NS(=O)(=O)c1ccccc1NCCCCCCC[C@H](NC(=O)OC1CCCC1)C(=O)OC. The van der Waals surface area contributed by atoms with Crippen LogP contribution in [0.1, 0.15) is 97.3 Å². The van der Waals surface area contributed by atoms with Crippen LogP contribution in [0.25, 0.3) is 0 Å². The summed E-state index contributed by atoms with van der Waals surface area (Å²) in [6.45, 7) is 8.51. The molecule has 1 aromatic carbocycles. The van der Waals surface area contributed by atoms with Crippen molar-refractivity contribution in [3.05, 3.63) is 36.9 Å². The number of hydrogen-bond donors (Lipinski definition) is 5. The van der Waals surface area contributed by atoms with E-state index < -0.39 is 63.5 Å². The highest BCUT2D eigenvalue weighted by Crippen LogP contribution is 2.69. The minimum atomic E-state index is -4.38. The lowest BCUT2D eigenvalue weighted by Crippen LogP contribution is -2.56. The zero-order valence-corrected chi connectivity index (χ0v) is 32.3. The lowest BCUT2D eigenvalue weighted by Gasteiger charge is -2.25. The van der Waals surface area contributed by atoms with Crippen molar-refractivity contribution in [1.82, 2.24) is 20.3 Å². The van der Waals surface area contributed by atoms with E-state index in [1.807, 2.05) is 13.8 Å². The van der Waals surface area contributed by atoms with Crippen LogP contribution in [-0.4, -0.2) is 92.3 Å². The molecule has 4 aliphatic rings. The van der Waals surface area contributed by atoms with Gasteiger partial charge in [0.25, 0.3) is 15.9 Å². The number of anilines is 1. The number of nitrogens with zero attached hydrogens (tertiary/aromatic N) is 1. The molecule has 5 N–H and O–H groups in total. The first-order valence-corrected chi connectivity index (χ1v) is 20.5. The third kappa shape index (κ3) is 9.12. The number of esters is 1. The van der Waals surface area contributed by atoms with Gasteiger partial charge in [0.05, 0.1) is 12.8 Å². The maximum Gasteiger partial charge on any atom is 0.408 e. The molecule has 54 heavy (non-hydrogen) atoms. The molecule has 4 fully saturated rings. The largest absolute Gasteiger partial charge is 0.467 e. The number of hydrogen-bond acceptors (Lipinski definition) is 10. The fraction of sp³-hybridized carbons (Fsp3) is 0.658. The third-order valence-corrected chi connectivity index (χ3v) is 13.3. The predicted molar refractivity (Wildman–Crippen MR) is 199 cm³/mol. The van der Waals surface area contributed by atoms with Crippen molar-refractivity contribution in [2.75, 3.05) is 25.5 Å². The quantitative estimate of drug-likeness (QED) is 0.0786. The van der Waals surface area contributed by atoms with Crippen molar-refractivity contribution >= 4 is 45.7 Å². The summed E-state index contributed by atoms with van der Waals surface area (Å²) in [5.41, 5.74) is -1.67. The lowest BCUT2D eigenvalue weighted by molar-refractivity contribution is -0.143. The first-order chi connectivity index (χ1) is 25.6. The van der Waals surface area contributed by atoms with E-state index in [9.17, 15) is 37.5 Å². The van der Waals surface area contributed by atoms with Crippen LogP contribution >= 0.6 is 0 Å². The number of likely N-dealkylation sites (tertiary alicyclic amines) is 1. The minimum Gasteiger partial charge on any atom is -0.467 e. The van der Waals surface area contributed by atoms with E-state index in [1.165, 1.54) is 19.3 Å². The highest BCUT2D eigenvalue weighted by molar-refractivity contribution is 7.90. The highest BCUT2D eigenvalue weighted by atomic mass is 32.2. The number of carbonyl (C=O) groups is 5. The van der Waals surface area contributed by atoms with Gasteiger partial charge in [-0.2, -0.15) is 0 Å². The Labute approximate surface area is 317 Å². The summed E-state index contributed by atoms with van der Waals surface area (Å²) in [5, 5.41) is 18.4. The number of unbranched alkanes of at least 4 members (excludes halogenated alkanes) is 4. The highest BCUT2D eigenvalue weighted by Gasteiger charge is 2.68. The number of carbonyl (C=O) groups excluding carboxylic acids is 4. The molecule has 16 heteroatoms. The summed E-state index contributed by atoms with van der Waals surface area (Å²) < 4.78 is 39.6. The monoisotopic (exact) mass is 773 g/mol. The molecule has 3 saturated carbocycles. The molecule has 1 aliphatic heterocycles. The number of sulfonamides is 1. The van der Waals surface area contributed by atoms with E-state index >= 15 is 0 Å². The topological polar surface area (TPSA) is 210 Å². The molecule has 4 amide bonds. The van der Waals surface area contributed by atoms with E-state index in [4.69, 9.17) is 9.47 Å². The first-order valence-electron chi connectivity index (χ1n) is 19.0. The van der Waals surface area contributed by atoms with Crippen LogP contribution in [-0.2, 0) is 33.9 Å². The summed E-state index contributed by atoms with van der Waals surface area (Å²) in [6, 6.07) is 4.44. The number of alkyl carbamates (subject to hydrolysis) is 1. The second-order valence-corrected chi connectivity index (χ2v) is 17.6. The molecule has 1 spiro atoms. The molecule has 3 aliphatic carbocycles. The number of benzene rings is 1. The molecule has 298 valence electrons. The summed E-state index contributed by atoms with van der Waals surface area (Å²) in [5.74, 6) is -2.59. The fourth-order valence-electron chi connectivity index (χ4n) is 8.24. The van der Waals surface area contributed by atoms with E-state index in [2.05, 4.69) is 27.3 Å². The van der Waals surface area contributed by atoms with Gasteiger partial charge in [-0.3, -0.25) is 14.5 Å². The second kappa shape index (κ2) is 16.6. The first kappa shape index (κ1) is 40.8. The van der Waals surface area contributed by atoms with Gasteiger partial charge in [-0.05, 0) is 80.8 Å². The third-order valence-electron chi connectivity index (χ3n) is 11.9. The van der Waals surface area contributed by atoms with Gasteiger partial charge in [-0.25, -0.2) is 27.5 Å². The second-order valence-electron chi connectivity index (χ2n) is 15.9. The summed E-state index contributed by atoms with van der Waals surface area (Å²) >= 11 is 0. The fourth-order valence-corrected chi connectivity index (χ4v) is 9.46. The summed E-state index contributed by atoms with van der Waals surface area (Å²) in [7, 11) is -3.10. The normalized spacial score (nSPS) is 26.0. The van der Waals surface area contributed by atoms with Crippen LogP contribution in [0.15, 0.2) is 41.8 Å². The van der Waals surface area contributed by atoms with Gasteiger partial charge < -0.3 is 30.5 Å². The number of rotatable bonds is 18. The number of ether oxygens (including phenoxy) is 2. The number of nitrogens with one attached hydrogen (secondary N) is 4. The number of methoxy groups -OCH3 is 1. The van der Waals surface area contributed by atoms with Gasteiger partial charge in [0.1, 0.15) is 28.6 Å². The van der Waals surface area contributed by atoms with Crippen LogP contribution in [0.2, 0.25) is 0 Å². The molecule has 5 rings (SSSR count). The Morgan fingerprint density at radius 3 is 2.33 bits per heavy atom. The summed E-state index contributed by atoms with van der Waals surface area (Å²) in [4.78, 5) is 64.8. The minimum absolute atomic E-state index is 0.105. The van der Waals surface area contributed by atoms with Gasteiger partial charge in [-0.15, -0.1) is 6.58 Å². The molecule has 15 nitrogen and oxygen atoms in total. The van der Waals surface area contributed by atoms with Gasteiger partial charge in [0.15, 0.2) is 0 Å². The van der Waals surface area contributed by atoms with Crippen molar-refractivity contribution in [2.24, 2.45) is 16.7 Å². The Bertz CT molecular complexity index is 1710. The van der Waals surface area contributed by atoms with E-state index in [-0.39, 0.29) is 34.8 Å². The lowest BCUT2D eigenvalue weighted by atomic mass is 9.93. The smallest absolute Gasteiger partial charge is 0.408 e. The molecule has 0 aromatic heterocycles. The van der Waals surface area contributed by atoms with Crippen molar-refractivity contribution in [1.29, 1.82) is 0 Å². The van der Waals surface area contributed by atoms with Crippen molar-refractivity contribution in [2.45, 2.75) is 126 Å². The molecule has 0 radical (unpaired) electrons. The van der Waals surface area contributed by atoms with Crippen LogP contribution in [0.5, 0.6) is 0 Å². The number of amides is 4. The van der Waals surface area contributed by atoms with Crippen LogP contribution in [0.4, 0.5) is 15.3 Å². The average Bonchev–Trinajstić information content (AvgIpc) is 3.71. The van der Waals surface area contributed by atoms with Gasteiger partial charge in [-0.1, -0.05) is 57.7 Å². The molecular formula is C38H55N5O10S. The van der Waals surface area contributed by atoms with E-state index in [1.54, 1.807) is 18.2 Å². The van der Waals surface area contributed by atoms with E-state index in [0.29, 0.717) is 31.5 Å². The molecule has 0 bridgehead atoms. The number of carboxylic acid groups (broad SMARTS) is 1. The van der Waals surface area contributed by atoms with Crippen molar-refractivity contribution in [3.63, 3.8) is 0 Å². The van der Waals surface area contributed by atoms with Crippen molar-refractivity contribution < 1.29 is 47.0 Å². The standard InChI is InChI=1S/C38H55N5O10S/c1-5-25-21-38(25,41-31(44)29-22-37(23-36(37,2)3)24-43(29)35(48)49)33(46)42-54(50,51)30-19-13-12-17-27(30)39-20-14-8-6-7-9-18-28(32(45)52-4)40-34(47)53-26-15-10-11-16-26/h5,12-13,17,19,25-26,28-29,39H,1,6-11,14-16,18,20-24H2,2-4H3,(H,40,47)(H,41,44)(H,42,46)(H,48,49)/t25-,28+,29+,37+,38-/m1/s1. The zero-order chi connectivity index (χ0) is 39.3. The molecule has 0 unspecified atom stereocenters. The number of para-hydroxylation sites is 1. The average molecular weight is 774 g/mol. The molecule has 1 saturated heterocycles. The van der Waals surface area contributed by atoms with Crippen molar-refractivity contribution in [3.8, 4) is 0 Å². The summed E-state index contributed by atoms with van der Waals surface area (Å²) in [6.07, 6.45) is 8.82. The Hall–Kier alpha value is -4.34. The van der Waals surface area contributed by atoms with Crippen LogP contribution in [0.3, 0.4) is 0 Å². The Morgan fingerprint density at radius 2 is 1.70 bits per heavy atom. The van der Waals surface area contributed by atoms with Gasteiger partial charge >= 0.3 is 18.2 Å².